The molecule has 2 heterocycles. The summed E-state index contributed by atoms with van der Waals surface area (Å²) >= 11 is 0.847. The number of amides is 1. The number of aromatic carboxylic acids is 1. The lowest BCUT2D eigenvalue weighted by atomic mass is 10.2. The number of aliphatic carboxylic acids is 1. The first-order chi connectivity index (χ1) is 8.50. The van der Waals surface area contributed by atoms with Crippen LogP contribution in [0.3, 0.4) is 0 Å². The molecule has 8 heteroatoms. The van der Waals surface area contributed by atoms with Crippen LogP contribution in [0.25, 0.3) is 10.2 Å². The summed E-state index contributed by atoms with van der Waals surface area (Å²) < 4.78 is 0. The van der Waals surface area contributed by atoms with Crippen molar-refractivity contribution in [1.82, 2.24) is 4.98 Å². The Morgan fingerprint density at radius 3 is 2.72 bits per heavy atom. The Balaban J connectivity index is 2.58. The van der Waals surface area contributed by atoms with Gasteiger partial charge < -0.3 is 20.3 Å². The molecule has 92 valence electrons. The van der Waals surface area contributed by atoms with E-state index in [2.05, 4.69) is 4.98 Å². The van der Waals surface area contributed by atoms with Gasteiger partial charge in [-0.05, 0) is 12.1 Å². The minimum absolute atomic E-state index is 0.0789. The number of carboxylic acids is 2. The SMILES string of the molecule is O=C([O-])C(=O)Nc1c(C(=O)O)sc2ncccc12. The van der Waals surface area contributed by atoms with Gasteiger partial charge in [0.15, 0.2) is 0 Å². The number of nitrogens with one attached hydrogen (secondary N) is 1. The molecule has 0 spiro atoms. The van der Waals surface area contributed by atoms with Crippen LogP contribution in [0.4, 0.5) is 5.69 Å². The number of pyridine rings is 1. The number of hydrogen-bond donors (Lipinski definition) is 2. The van der Waals surface area contributed by atoms with Crippen LogP contribution in [0, 0.1) is 0 Å². The van der Waals surface area contributed by atoms with Gasteiger partial charge in [-0.2, -0.15) is 0 Å². The Morgan fingerprint density at radius 1 is 1.39 bits per heavy atom. The van der Waals surface area contributed by atoms with E-state index in [-0.39, 0.29) is 10.6 Å². The molecular weight excluding hydrogens is 260 g/mol. The van der Waals surface area contributed by atoms with Crippen molar-refractivity contribution < 1.29 is 24.6 Å². The Kier molecular flexibility index (Phi) is 2.94. The van der Waals surface area contributed by atoms with Crippen LogP contribution in [0.15, 0.2) is 18.3 Å². The maximum absolute atomic E-state index is 11.0. The molecule has 7 nitrogen and oxygen atoms in total. The minimum atomic E-state index is -1.94. The van der Waals surface area contributed by atoms with Crippen molar-refractivity contribution in [3.8, 4) is 0 Å². The number of hydrogen-bond acceptors (Lipinski definition) is 6. The van der Waals surface area contributed by atoms with E-state index in [0.717, 1.165) is 11.3 Å². The average Bonchev–Trinajstić information content (AvgIpc) is 2.68. The zero-order chi connectivity index (χ0) is 13.3. The normalized spacial score (nSPS) is 10.2. The lowest BCUT2D eigenvalue weighted by Crippen LogP contribution is -2.36. The van der Waals surface area contributed by atoms with Crippen molar-refractivity contribution in [3.05, 3.63) is 23.2 Å². The third kappa shape index (κ3) is 2.00. The third-order valence-corrected chi connectivity index (χ3v) is 3.19. The number of aromatic nitrogens is 1. The van der Waals surface area contributed by atoms with Gasteiger partial charge in [0.2, 0.25) is 0 Å². The second-order valence-corrected chi connectivity index (χ2v) is 4.21. The summed E-state index contributed by atoms with van der Waals surface area (Å²) in [5.74, 6) is -4.61. The van der Waals surface area contributed by atoms with E-state index < -0.39 is 17.8 Å². The fourth-order valence-corrected chi connectivity index (χ4v) is 2.31. The van der Waals surface area contributed by atoms with E-state index in [0.29, 0.717) is 10.2 Å². The van der Waals surface area contributed by atoms with E-state index in [9.17, 15) is 19.5 Å². The third-order valence-electron chi connectivity index (χ3n) is 2.08. The molecule has 0 atom stereocenters. The standard InChI is InChI=1S/C10H6N2O5S/c13-7(10(16)17)12-5-4-2-1-3-11-8(4)18-6(5)9(14)15/h1-3H,(H,12,13)(H,14,15)(H,16,17)/p-1. The van der Waals surface area contributed by atoms with Crippen LogP contribution in [0.1, 0.15) is 9.67 Å². The molecule has 0 saturated heterocycles. The molecule has 0 aliphatic rings. The Bertz CT molecular complexity index is 663. The number of thiophene rings is 1. The molecule has 0 bridgehead atoms. The molecule has 0 saturated carbocycles. The van der Waals surface area contributed by atoms with Crippen LogP contribution < -0.4 is 10.4 Å². The van der Waals surface area contributed by atoms with Gasteiger partial charge in [0.05, 0.1) is 5.69 Å². The molecule has 2 N–H and O–H groups in total. The van der Waals surface area contributed by atoms with E-state index in [1.54, 1.807) is 6.07 Å². The molecule has 18 heavy (non-hydrogen) atoms. The number of carbonyl (C=O) groups is 3. The number of nitrogens with zero attached hydrogens (tertiary/aromatic N) is 1. The van der Waals surface area contributed by atoms with Crippen molar-refractivity contribution in [2.45, 2.75) is 0 Å². The summed E-state index contributed by atoms with van der Waals surface area (Å²) in [5.41, 5.74) is -0.0789. The van der Waals surface area contributed by atoms with Crippen molar-refractivity contribution in [2.75, 3.05) is 5.32 Å². The minimum Gasteiger partial charge on any atom is -0.540 e. The lowest BCUT2D eigenvalue weighted by molar-refractivity contribution is -0.299. The molecule has 0 aliphatic heterocycles. The zero-order valence-corrected chi connectivity index (χ0v) is 9.48. The van der Waals surface area contributed by atoms with E-state index >= 15 is 0 Å². The maximum Gasteiger partial charge on any atom is 0.348 e. The summed E-state index contributed by atoms with van der Waals surface area (Å²) in [6.07, 6.45) is 1.47. The predicted octanol–water partition coefficient (Wildman–Crippen LogP) is -0.317. The molecule has 1 amide bonds. The number of carboxylic acid groups (broad SMARTS) is 2. The summed E-state index contributed by atoms with van der Waals surface area (Å²) in [4.78, 5) is 36.6. The largest absolute Gasteiger partial charge is 0.540 e. The summed E-state index contributed by atoms with van der Waals surface area (Å²) in [6.45, 7) is 0. The fraction of sp³-hybridized carbons (Fsp3) is 0. The molecule has 2 aromatic rings. The lowest BCUT2D eigenvalue weighted by Gasteiger charge is -2.05. The topological polar surface area (TPSA) is 119 Å². The van der Waals surface area contributed by atoms with Gasteiger partial charge in [-0.25, -0.2) is 9.78 Å². The summed E-state index contributed by atoms with van der Waals surface area (Å²) in [7, 11) is 0. The van der Waals surface area contributed by atoms with Crippen molar-refractivity contribution in [3.63, 3.8) is 0 Å². The van der Waals surface area contributed by atoms with Crippen LogP contribution in [-0.4, -0.2) is 27.9 Å². The van der Waals surface area contributed by atoms with Crippen LogP contribution in [0.5, 0.6) is 0 Å². The molecular formula is C10H5N2O5S-. The molecule has 0 aromatic carbocycles. The fourth-order valence-electron chi connectivity index (χ4n) is 1.37. The van der Waals surface area contributed by atoms with Gasteiger partial charge >= 0.3 is 5.97 Å². The van der Waals surface area contributed by atoms with Crippen LogP contribution >= 0.6 is 11.3 Å². The average molecular weight is 265 g/mol. The second kappa shape index (κ2) is 4.41. The van der Waals surface area contributed by atoms with Gasteiger partial charge in [0.25, 0.3) is 5.91 Å². The molecule has 2 rings (SSSR count). The zero-order valence-electron chi connectivity index (χ0n) is 8.67. The molecule has 0 radical (unpaired) electrons. The quantitative estimate of drug-likeness (QED) is 0.718. The van der Waals surface area contributed by atoms with E-state index in [4.69, 9.17) is 5.11 Å². The monoisotopic (exact) mass is 265 g/mol. The molecule has 2 aromatic heterocycles. The maximum atomic E-state index is 11.0. The van der Waals surface area contributed by atoms with Gasteiger partial charge in [0.1, 0.15) is 15.7 Å². The number of rotatable bonds is 2. The van der Waals surface area contributed by atoms with Crippen molar-refractivity contribution >= 4 is 45.1 Å². The van der Waals surface area contributed by atoms with Crippen molar-refractivity contribution in [1.29, 1.82) is 0 Å². The smallest absolute Gasteiger partial charge is 0.348 e. The second-order valence-electron chi connectivity index (χ2n) is 3.21. The first-order valence-electron chi connectivity index (χ1n) is 4.64. The first kappa shape index (κ1) is 12.0. The van der Waals surface area contributed by atoms with E-state index in [1.165, 1.54) is 12.3 Å². The highest BCUT2D eigenvalue weighted by molar-refractivity contribution is 7.21. The van der Waals surface area contributed by atoms with Crippen LogP contribution in [-0.2, 0) is 9.59 Å². The van der Waals surface area contributed by atoms with Gasteiger partial charge in [-0.15, -0.1) is 11.3 Å². The van der Waals surface area contributed by atoms with E-state index in [1.807, 2.05) is 5.32 Å². The molecule has 0 fully saturated rings. The predicted molar refractivity (Wildman–Crippen MR) is 60.2 cm³/mol. The number of fused-ring (bicyclic) bond motifs is 1. The highest BCUT2D eigenvalue weighted by atomic mass is 32.1. The first-order valence-corrected chi connectivity index (χ1v) is 5.45. The summed E-state index contributed by atoms with van der Waals surface area (Å²) in [6, 6.07) is 3.09. The van der Waals surface area contributed by atoms with Gasteiger partial charge in [-0.1, -0.05) is 0 Å². The molecule has 0 unspecified atom stereocenters. The Morgan fingerprint density at radius 2 is 2.11 bits per heavy atom. The molecule has 0 aliphatic carbocycles. The Hall–Kier alpha value is -2.48. The van der Waals surface area contributed by atoms with Gasteiger partial charge in [0, 0.05) is 11.6 Å². The number of carbonyl (C=O) groups excluding carboxylic acids is 2. The highest BCUT2D eigenvalue weighted by Crippen LogP contribution is 2.34. The summed E-state index contributed by atoms with van der Waals surface area (Å²) in [5, 5.41) is 21.7. The van der Waals surface area contributed by atoms with Gasteiger partial charge in [-0.3, -0.25) is 4.79 Å². The Labute approximate surface area is 104 Å². The van der Waals surface area contributed by atoms with Crippen molar-refractivity contribution in [2.24, 2.45) is 0 Å². The highest BCUT2D eigenvalue weighted by Gasteiger charge is 2.20. The van der Waals surface area contributed by atoms with Crippen LogP contribution in [0.2, 0.25) is 0 Å². The number of anilines is 1.